The molecule has 22 heteroatoms. The van der Waals surface area contributed by atoms with Crippen LogP contribution in [0.1, 0.15) is 27.2 Å². The van der Waals surface area contributed by atoms with Crippen LogP contribution in [0.25, 0.3) is 0 Å². The van der Waals surface area contributed by atoms with Crippen molar-refractivity contribution in [3.63, 3.8) is 0 Å². The Morgan fingerprint density at radius 2 is 1.61 bits per heavy atom. The molecule has 54 heavy (non-hydrogen) atoms. The van der Waals surface area contributed by atoms with Gasteiger partial charge < -0.3 is 54.7 Å². The number of nitrogens with one attached hydrogen (secondary N) is 2. The topological polar surface area (TPSA) is 311 Å². The molecule has 0 bridgehead atoms. The highest BCUT2D eigenvalue weighted by Gasteiger charge is 2.48. The number of hydrogen-bond acceptors (Lipinski definition) is 16. The number of imide groups is 1. The summed E-state index contributed by atoms with van der Waals surface area (Å²) in [6.45, 7) is 3.89. The molecule has 6 atom stereocenters. The maximum atomic E-state index is 12.6. The van der Waals surface area contributed by atoms with E-state index in [9.17, 15) is 62.2 Å². The van der Waals surface area contributed by atoms with E-state index < -0.39 is 94.1 Å². The van der Waals surface area contributed by atoms with Crippen molar-refractivity contribution in [3.8, 4) is 17.2 Å². The maximum Gasteiger partial charge on any atom is 0.335 e. The number of hydrogen-bond donors (Lipinski definition) is 7. The predicted octanol–water partition coefficient (Wildman–Crippen LogP) is -2.85. The summed E-state index contributed by atoms with van der Waals surface area (Å²) in [5.41, 5.74) is -0.749. The first-order valence-corrected chi connectivity index (χ1v) is 17.9. The number of aliphatic hydroxyl groups excluding tert-OH is 3. The summed E-state index contributed by atoms with van der Waals surface area (Å²) >= 11 is 0. The molecule has 2 aliphatic rings. The van der Waals surface area contributed by atoms with Gasteiger partial charge in [0, 0.05) is 43.1 Å². The fourth-order valence-corrected chi connectivity index (χ4v) is 5.29. The van der Waals surface area contributed by atoms with Crippen molar-refractivity contribution in [1.82, 2.24) is 15.5 Å². The standard InChI is InChI=1S/C32H43N3O18S/c1-32(2,3)21(36)15-51-19-5-4-17(14-20(19)52-31-27(42)25(40)26(41)28(53-31)30(44)45)50-13-12-49-11-9-33-29(43)18(16-54(46,47)48)34-22(37)8-10-35-23(38)6-7-24(35)39/h4-7,14,18,25-28,31,40-42H,8-13,15-16H2,1-3H3,(H,33,43)(H,34,37)(H,44,45)(H,46,47,48)/t18-,25-,26-,27+,28-,31+/m0/s1. The minimum Gasteiger partial charge on any atom is -0.491 e. The number of benzene rings is 1. The second-order valence-electron chi connectivity index (χ2n) is 13.0. The molecule has 4 amide bonds. The molecule has 0 unspecified atom stereocenters. The van der Waals surface area contributed by atoms with Gasteiger partial charge in [0.1, 0.15) is 49.1 Å². The minimum absolute atomic E-state index is 0.0344. The van der Waals surface area contributed by atoms with Gasteiger partial charge in [-0.15, -0.1) is 0 Å². The van der Waals surface area contributed by atoms with E-state index in [1.165, 1.54) is 18.2 Å². The second kappa shape index (κ2) is 19.1. The average molecular weight is 790 g/mol. The Morgan fingerprint density at radius 1 is 0.944 bits per heavy atom. The van der Waals surface area contributed by atoms with Gasteiger partial charge in [0.15, 0.2) is 23.4 Å². The zero-order valence-electron chi connectivity index (χ0n) is 29.4. The molecule has 1 aromatic carbocycles. The molecular weight excluding hydrogens is 746 g/mol. The fourth-order valence-electron chi connectivity index (χ4n) is 4.64. The van der Waals surface area contributed by atoms with E-state index in [1.807, 2.05) is 0 Å². The number of aliphatic carboxylic acids is 1. The molecule has 1 aromatic rings. The van der Waals surface area contributed by atoms with Gasteiger partial charge >= 0.3 is 5.97 Å². The first-order chi connectivity index (χ1) is 25.2. The molecule has 1 fully saturated rings. The third-order valence-corrected chi connectivity index (χ3v) is 8.46. The number of amides is 4. The number of carbonyl (C=O) groups excluding carboxylic acids is 5. The average Bonchev–Trinajstić information content (AvgIpc) is 3.40. The number of ether oxygens (including phenoxy) is 5. The number of Topliss-reactive ketones (excluding diaryl/α,β-unsaturated/α-hetero) is 1. The van der Waals surface area contributed by atoms with E-state index in [1.54, 1.807) is 20.8 Å². The van der Waals surface area contributed by atoms with E-state index in [0.29, 0.717) is 0 Å². The summed E-state index contributed by atoms with van der Waals surface area (Å²) < 4.78 is 59.6. The van der Waals surface area contributed by atoms with Gasteiger partial charge in [-0.05, 0) is 12.1 Å². The van der Waals surface area contributed by atoms with Crippen molar-refractivity contribution < 1.29 is 85.8 Å². The van der Waals surface area contributed by atoms with E-state index in [-0.39, 0.29) is 62.5 Å². The largest absolute Gasteiger partial charge is 0.491 e. The summed E-state index contributed by atoms with van der Waals surface area (Å²) in [4.78, 5) is 73.0. The van der Waals surface area contributed by atoms with Crippen molar-refractivity contribution in [2.24, 2.45) is 5.41 Å². The van der Waals surface area contributed by atoms with E-state index >= 15 is 0 Å². The van der Waals surface area contributed by atoms with Gasteiger partial charge in [-0.3, -0.25) is 33.4 Å². The highest BCUT2D eigenvalue weighted by atomic mass is 32.2. The second-order valence-corrected chi connectivity index (χ2v) is 14.5. The third kappa shape index (κ3) is 13.0. The van der Waals surface area contributed by atoms with Crippen LogP contribution in [-0.2, 0) is 48.4 Å². The summed E-state index contributed by atoms with van der Waals surface area (Å²) in [7, 11) is -4.72. The highest BCUT2D eigenvalue weighted by molar-refractivity contribution is 7.85. The van der Waals surface area contributed by atoms with Crippen LogP contribution >= 0.6 is 0 Å². The van der Waals surface area contributed by atoms with E-state index in [4.69, 9.17) is 23.7 Å². The van der Waals surface area contributed by atoms with Crippen LogP contribution in [0.5, 0.6) is 17.2 Å². The maximum absolute atomic E-state index is 12.6. The molecule has 2 heterocycles. The Bertz CT molecular complexity index is 1680. The van der Waals surface area contributed by atoms with E-state index in [0.717, 1.165) is 17.1 Å². The summed E-state index contributed by atoms with van der Waals surface area (Å²) in [5, 5.41) is 44.5. The number of rotatable bonds is 20. The predicted molar refractivity (Wildman–Crippen MR) is 179 cm³/mol. The third-order valence-electron chi connectivity index (χ3n) is 7.70. The number of aliphatic hydroxyl groups is 3. The minimum atomic E-state index is -4.72. The van der Waals surface area contributed by atoms with Crippen LogP contribution in [0.15, 0.2) is 30.4 Å². The lowest BCUT2D eigenvalue weighted by Crippen LogP contribution is -2.61. The lowest BCUT2D eigenvalue weighted by molar-refractivity contribution is -0.271. The molecule has 0 aromatic heterocycles. The Balaban J connectivity index is 1.54. The van der Waals surface area contributed by atoms with Crippen molar-refractivity contribution in [1.29, 1.82) is 0 Å². The van der Waals surface area contributed by atoms with Gasteiger partial charge in [0.05, 0.1) is 13.2 Å². The van der Waals surface area contributed by atoms with Crippen LogP contribution in [0.3, 0.4) is 0 Å². The molecule has 0 spiro atoms. The van der Waals surface area contributed by atoms with Gasteiger partial charge in [-0.2, -0.15) is 8.42 Å². The van der Waals surface area contributed by atoms with Gasteiger partial charge in [-0.1, -0.05) is 20.8 Å². The van der Waals surface area contributed by atoms with Crippen LogP contribution in [0.2, 0.25) is 0 Å². The molecule has 2 aliphatic heterocycles. The lowest BCUT2D eigenvalue weighted by Gasteiger charge is -2.38. The lowest BCUT2D eigenvalue weighted by atomic mass is 9.91. The molecule has 300 valence electrons. The Hall–Kier alpha value is -4.71. The zero-order chi connectivity index (χ0) is 40.4. The molecule has 0 aliphatic carbocycles. The normalized spacial score (nSPS) is 22.1. The summed E-state index contributed by atoms with van der Waals surface area (Å²) in [5.74, 6) is -6.25. The number of carbonyl (C=O) groups is 6. The Kier molecular flexibility index (Phi) is 15.4. The SMILES string of the molecule is CC(C)(C)C(=O)COc1ccc(OCCOCCNC(=O)[C@H](CS(=O)(=O)O)NC(=O)CCN2C(=O)C=CC2=O)cc1O[C@@H]1O[C@H](C(=O)O)[C@@H](O)[C@H](O)[C@H]1O. The smallest absolute Gasteiger partial charge is 0.335 e. The van der Waals surface area contributed by atoms with Crippen LogP contribution in [-0.4, -0.2) is 156 Å². The quantitative estimate of drug-likeness (QED) is 0.0397. The van der Waals surface area contributed by atoms with Crippen molar-refractivity contribution >= 4 is 45.5 Å². The Morgan fingerprint density at radius 3 is 2.22 bits per heavy atom. The van der Waals surface area contributed by atoms with E-state index in [2.05, 4.69) is 10.6 Å². The van der Waals surface area contributed by atoms with Gasteiger partial charge in [0.2, 0.25) is 18.1 Å². The first kappa shape index (κ1) is 43.7. The molecular formula is C32H43N3O18S. The van der Waals surface area contributed by atoms with Crippen LogP contribution in [0, 0.1) is 5.41 Å². The Labute approximate surface area is 308 Å². The fraction of sp³-hybridized carbons (Fsp3) is 0.562. The van der Waals surface area contributed by atoms with Gasteiger partial charge in [-0.25, -0.2) is 4.79 Å². The van der Waals surface area contributed by atoms with Crippen LogP contribution < -0.4 is 24.8 Å². The number of ketones is 1. The van der Waals surface area contributed by atoms with Crippen molar-refractivity contribution in [2.75, 3.05) is 45.3 Å². The molecule has 0 saturated carbocycles. The molecule has 21 nitrogen and oxygen atoms in total. The highest BCUT2D eigenvalue weighted by Crippen LogP contribution is 2.35. The monoisotopic (exact) mass is 789 g/mol. The number of nitrogens with zero attached hydrogens (tertiary/aromatic N) is 1. The first-order valence-electron chi connectivity index (χ1n) is 16.3. The number of carboxylic acid groups (broad SMARTS) is 1. The molecule has 3 rings (SSSR count). The molecule has 1 saturated heterocycles. The summed E-state index contributed by atoms with van der Waals surface area (Å²) in [6, 6.07) is 2.35. The number of carboxylic acids is 1. The van der Waals surface area contributed by atoms with Crippen molar-refractivity contribution in [3.05, 3.63) is 30.4 Å². The molecule has 7 N–H and O–H groups in total. The van der Waals surface area contributed by atoms with Crippen LogP contribution in [0.4, 0.5) is 0 Å². The zero-order valence-corrected chi connectivity index (χ0v) is 30.2. The molecule has 0 radical (unpaired) electrons. The van der Waals surface area contributed by atoms with Crippen molar-refractivity contribution in [2.45, 2.75) is 63.9 Å². The summed E-state index contributed by atoms with van der Waals surface area (Å²) in [6.07, 6.45) is -7.95. The van der Waals surface area contributed by atoms with Gasteiger partial charge in [0.25, 0.3) is 21.9 Å².